The molecular weight excluding hydrogens is 388 g/mol. The molecule has 4 rings (SSSR count). The Hall–Kier alpha value is -2.12. The number of carbonyl (C=O) groups excluding carboxylic acids is 1. The first-order valence-corrected chi connectivity index (χ1v) is 11.3. The van der Waals surface area contributed by atoms with Gasteiger partial charge in [0.15, 0.2) is 0 Å². The maximum Gasteiger partial charge on any atom is 0.230 e. The Balaban J connectivity index is 1.37. The number of rotatable bonds is 5. The van der Waals surface area contributed by atoms with Gasteiger partial charge in [-0.2, -0.15) is 0 Å². The summed E-state index contributed by atoms with van der Waals surface area (Å²) in [6.45, 7) is 5.86. The average Bonchev–Trinajstić information content (AvgIpc) is 2.99. The molecule has 5 nitrogen and oxygen atoms in total. The van der Waals surface area contributed by atoms with Gasteiger partial charge in [-0.25, -0.2) is 9.97 Å². The zero-order valence-electron chi connectivity index (χ0n) is 16.4. The van der Waals surface area contributed by atoms with E-state index >= 15 is 0 Å². The number of benzene rings is 1. The summed E-state index contributed by atoms with van der Waals surface area (Å²) in [4.78, 5) is 25.7. The van der Waals surface area contributed by atoms with E-state index in [1.165, 1.54) is 39.9 Å². The highest BCUT2D eigenvalue weighted by molar-refractivity contribution is 8.00. The zero-order valence-corrected chi connectivity index (χ0v) is 18.0. The van der Waals surface area contributed by atoms with Crippen LogP contribution in [0.5, 0.6) is 0 Å². The predicted molar refractivity (Wildman–Crippen MR) is 117 cm³/mol. The van der Waals surface area contributed by atoms with Gasteiger partial charge in [0.1, 0.15) is 16.2 Å². The number of fused-ring (bicyclic) bond motifs is 2. The number of carbonyl (C=O) groups is 1. The first-order chi connectivity index (χ1) is 13.5. The second-order valence-corrected chi connectivity index (χ2v) is 9.36. The SMILES string of the molecule is Cc1sc2ncnc(SCC(=O)NCc3ccc4c(c3)CCCN4C)c2c1C. The topological polar surface area (TPSA) is 58.1 Å². The van der Waals surface area contributed by atoms with Crippen LogP contribution in [0.4, 0.5) is 5.69 Å². The molecule has 3 heterocycles. The van der Waals surface area contributed by atoms with Crippen molar-refractivity contribution < 1.29 is 4.79 Å². The molecule has 1 aromatic carbocycles. The number of thioether (sulfide) groups is 1. The van der Waals surface area contributed by atoms with Gasteiger partial charge in [-0.15, -0.1) is 11.3 Å². The summed E-state index contributed by atoms with van der Waals surface area (Å²) >= 11 is 3.16. The van der Waals surface area contributed by atoms with Gasteiger partial charge in [-0.05, 0) is 49.4 Å². The number of aromatic nitrogens is 2. The third kappa shape index (κ3) is 3.86. The van der Waals surface area contributed by atoms with Crippen molar-refractivity contribution in [2.75, 3.05) is 24.2 Å². The van der Waals surface area contributed by atoms with Gasteiger partial charge in [-0.1, -0.05) is 23.9 Å². The molecule has 1 N–H and O–H groups in total. The fraction of sp³-hybridized carbons (Fsp3) is 0.381. The molecule has 2 aromatic heterocycles. The van der Waals surface area contributed by atoms with E-state index in [0.29, 0.717) is 12.3 Å². The van der Waals surface area contributed by atoms with Crippen molar-refractivity contribution in [2.45, 2.75) is 38.3 Å². The summed E-state index contributed by atoms with van der Waals surface area (Å²) in [5.41, 5.74) is 5.05. The van der Waals surface area contributed by atoms with Gasteiger partial charge in [0.25, 0.3) is 0 Å². The maximum absolute atomic E-state index is 12.4. The number of aryl methyl sites for hydroxylation is 3. The van der Waals surface area contributed by atoms with E-state index in [0.717, 1.165) is 33.8 Å². The van der Waals surface area contributed by atoms with Crippen LogP contribution < -0.4 is 10.2 Å². The van der Waals surface area contributed by atoms with Crippen molar-refractivity contribution >= 4 is 44.9 Å². The van der Waals surface area contributed by atoms with Gasteiger partial charge >= 0.3 is 0 Å². The van der Waals surface area contributed by atoms with Crippen molar-refractivity contribution in [2.24, 2.45) is 0 Å². The lowest BCUT2D eigenvalue weighted by Crippen LogP contribution is -2.26. The highest BCUT2D eigenvalue weighted by Crippen LogP contribution is 2.34. The summed E-state index contributed by atoms with van der Waals surface area (Å²) < 4.78 is 0. The summed E-state index contributed by atoms with van der Waals surface area (Å²) in [7, 11) is 2.14. The molecule has 146 valence electrons. The van der Waals surface area contributed by atoms with Crippen molar-refractivity contribution in [3.63, 3.8) is 0 Å². The standard InChI is InChI=1S/C21H24N4OS2/c1-13-14(2)28-21-19(13)20(23-12-24-21)27-11-18(26)22-10-15-6-7-17-16(9-15)5-4-8-25(17)3/h6-7,9,12H,4-5,8,10-11H2,1-3H3,(H,22,26). The van der Waals surface area contributed by atoms with Crippen LogP contribution in [0, 0.1) is 13.8 Å². The lowest BCUT2D eigenvalue weighted by molar-refractivity contribution is -0.118. The molecular formula is C21H24N4OS2. The Morgan fingerprint density at radius 1 is 1.32 bits per heavy atom. The number of hydrogen-bond donors (Lipinski definition) is 1. The first-order valence-electron chi connectivity index (χ1n) is 9.46. The summed E-state index contributed by atoms with van der Waals surface area (Å²) in [6.07, 6.45) is 3.88. The van der Waals surface area contributed by atoms with Gasteiger partial charge in [0, 0.05) is 36.1 Å². The van der Waals surface area contributed by atoms with Crippen molar-refractivity contribution in [3.8, 4) is 0 Å². The van der Waals surface area contributed by atoms with Crippen LogP contribution in [-0.4, -0.2) is 35.2 Å². The van der Waals surface area contributed by atoms with Gasteiger partial charge in [0.2, 0.25) is 5.91 Å². The zero-order chi connectivity index (χ0) is 19.7. The number of thiophene rings is 1. The summed E-state index contributed by atoms with van der Waals surface area (Å²) in [5, 5.41) is 5.01. The lowest BCUT2D eigenvalue weighted by Gasteiger charge is -2.27. The Bertz CT molecular complexity index is 1030. The summed E-state index contributed by atoms with van der Waals surface area (Å²) in [6, 6.07) is 6.51. The van der Waals surface area contributed by atoms with E-state index < -0.39 is 0 Å². The van der Waals surface area contributed by atoms with Crippen LogP contribution in [0.3, 0.4) is 0 Å². The predicted octanol–water partition coefficient (Wildman–Crippen LogP) is 4.10. The second kappa shape index (κ2) is 8.09. The number of nitrogens with zero attached hydrogens (tertiary/aromatic N) is 3. The van der Waals surface area contributed by atoms with Crippen LogP contribution in [0.25, 0.3) is 10.2 Å². The van der Waals surface area contributed by atoms with E-state index in [-0.39, 0.29) is 5.91 Å². The number of nitrogens with one attached hydrogen (secondary N) is 1. The molecule has 0 aliphatic carbocycles. The van der Waals surface area contributed by atoms with E-state index in [4.69, 9.17) is 0 Å². The fourth-order valence-corrected chi connectivity index (χ4v) is 5.54. The van der Waals surface area contributed by atoms with Crippen molar-refractivity contribution in [1.29, 1.82) is 0 Å². The Labute approximate surface area is 173 Å². The molecule has 0 saturated carbocycles. The van der Waals surface area contributed by atoms with Crippen LogP contribution in [0.1, 0.15) is 28.0 Å². The second-order valence-electron chi connectivity index (χ2n) is 7.20. The quantitative estimate of drug-likeness (QED) is 0.505. The summed E-state index contributed by atoms with van der Waals surface area (Å²) in [5.74, 6) is 0.380. The maximum atomic E-state index is 12.4. The number of hydrogen-bond acceptors (Lipinski definition) is 6. The van der Waals surface area contributed by atoms with Crippen molar-refractivity contribution in [1.82, 2.24) is 15.3 Å². The minimum Gasteiger partial charge on any atom is -0.374 e. The monoisotopic (exact) mass is 412 g/mol. The van der Waals surface area contributed by atoms with E-state index in [1.54, 1.807) is 17.7 Å². The van der Waals surface area contributed by atoms with Gasteiger partial charge < -0.3 is 10.2 Å². The molecule has 0 fully saturated rings. The molecule has 1 aliphatic heterocycles. The van der Waals surface area contributed by atoms with Crippen molar-refractivity contribution in [3.05, 3.63) is 46.1 Å². The van der Waals surface area contributed by atoms with Crippen LogP contribution in [-0.2, 0) is 17.8 Å². The lowest BCUT2D eigenvalue weighted by atomic mass is 9.99. The Morgan fingerprint density at radius 3 is 3.04 bits per heavy atom. The minimum atomic E-state index is 0.0243. The number of anilines is 1. The normalized spacial score (nSPS) is 13.6. The molecule has 3 aromatic rings. The highest BCUT2D eigenvalue weighted by atomic mass is 32.2. The third-order valence-corrected chi connectivity index (χ3v) is 7.36. The Kier molecular flexibility index (Phi) is 5.55. The van der Waals surface area contributed by atoms with Crippen LogP contribution >= 0.6 is 23.1 Å². The molecule has 0 saturated heterocycles. The molecule has 0 bridgehead atoms. The Morgan fingerprint density at radius 2 is 2.18 bits per heavy atom. The van der Waals surface area contributed by atoms with E-state index in [9.17, 15) is 4.79 Å². The number of amides is 1. The van der Waals surface area contributed by atoms with Crippen LogP contribution in [0.15, 0.2) is 29.6 Å². The molecule has 1 aliphatic rings. The first kappa shape index (κ1) is 19.2. The van der Waals surface area contributed by atoms with E-state index in [2.05, 4.69) is 59.3 Å². The molecule has 28 heavy (non-hydrogen) atoms. The third-order valence-electron chi connectivity index (χ3n) is 5.26. The molecule has 1 amide bonds. The van der Waals surface area contributed by atoms with E-state index in [1.807, 2.05) is 0 Å². The molecule has 0 unspecified atom stereocenters. The van der Waals surface area contributed by atoms with Gasteiger partial charge in [0.05, 0.1) is 5.75 Å². The highest BCUT2D eigenvalue weighted by Gasteiger charge is 2.15. The molecule has 7 heteroatoms. The van der Waals surface area contributed by atoms with Gasteiger partial charge in [-0.3, -0.25) is 4.79 Å². The average molecular weight is 413 g/mol. The molecule has 0 spiro atoms. The molecule has 0 atom stereocenters. The van der Waals surface area contributed by atoms with Crippen LogP contribution in [0.2, 0.25) is 0 Å². The largest absolute Gasteiger partial charge is 0.374 e. The smallest absolute Gasteiger partial charge is 0.230 e. The fourth-order valence-electron chi connectivity index (χ4n) is 3.59. The minimum absolute atomic E-state index is 0.0243. The molecule has 0 radical (unpaired) electrons.